The number of halogens is 1. The Morgan fingerprint density at radius 3 is 2.17 bits per heavy atom. The average Bonchev–Trinajstić information content (AvgIpc) is 2.68. The van der Waals surface area contributed by atoms with Gasteiger partial charge in [0.25, 0.3) is 0 Å². The van der Waals surface area contributed by atoms with Crippen molar-refractivity contribution >= 4 is 27.5 Å². The van der Waals surface area contributed by atoms with Crippen molar-refractivity contribution in [1.82, 2.24) is 9.62 Å². The predicted octanol–water partition coefficient (Wildman–Crippen LogP) is 3.97. The highest BCUT2D eigenvalue weighted by atomic mass is 35.5. The van der Waals surface area contributed by atoms with Crippen LogP contribution in [-0.2, 0) is 20.6 Å². The molecule has 30 heavy (non-hydrogen) atoms. The number of sulfonamides is 1. The van der Waals surface area contributed by atoms with Gasteiger partial charge < -0.3 is 5.32 Å². The number of hydrogen-bond donors (Lipinski definition) is 1. The number of carbonyl (C=O) groups is 1. The highest BCUT2D eigenvalue weighted by molar-refractivity contribution is 7.88. The van der Waals surface area contributed by atoms with Crippen molar-refractivity contribution < 1.29 is 13.2 Å². The molecule has 5 fully saturated rings. The van der Waals surface area contributed by atoms with Crippen LogP contribution in [0.25, 0.3) is 0 Å². The molecule has 0 aromatic heterocycles. The molecule has 5 aliphatic rings. The third kappa shape index (κ3) is 4.03. The van der Waals surface area contributed by atoms with Gasteiger partial charge in [0, 0.05) is 29.6 Å². The Morgan fingerprint density at radius 2 is 1.60 bits per heavy atom. The molecule has 1 saturated heterocycles. The van der Waals surface area contributed by atoms with E-state index < -0.39 is 10.0 Å². The molecule has 1 aromatic rings. The van der Waals surface area contributed by atoms with E-state index in [0.29, 0.717) is 36.5 Å². The Labute approximate surface area is 184 Å². The van der Waals surface area contributed by atoms with Gasteiger partial charge in [0.1, 0.15) is 0 Å². The molecular weight excluding hydrogens is 420 g/mol. The maximum atomic E-state index is 13.1. The normalized spacial score (nSPS) is 34.2. The van der Waals surface area contributed by atoms with E-state index in [0.717, 1.165) is 37.0 Å². The van der Waals surface area contributed by atoms with Gasteiger partial charge in [-0.3, -0.25) is 4.79 Å². The van der Waals surface area contributed by atoms with Gasteiger partial charge in [-0.05, 0) is 80.8 Å². The van der Waals surface area contributed by atoms with Crippen molar-refractivity contribution in [1.29, 1.82) is 0 Å². The molecule has 1 aromatic carbocycles. The SMILES string of the molecule is O=C(NC12CC3CC(CC(C3)C1)C2)C1CCN(S(=O)(=O)Cc2ccccc2Cl)CC1. The zero-order valence-corrected chi connectivity index (χ0v) is 18.9. The van der Waals surface area contributed by atoms with Crippen LogP contribution >= 0.6 is 11.6 Å². The number of nitrogens with one attached hydrogen (secondary N) is 1. The van der Waals surface area contributed by atoms with Gasteiger partial charge in [-0.25, -0.2) is 12.7 Å². The minimum absolute atomic E-state index is 0.0269. The van der Waals surface area contributed by atoms with E-state index >= 15 is 0 Å². The monoisotopic (exact) mass is 450 g/mol. The molecule has 1 N–H and O–H groups in total. The molecule has 4 saturated carbocycles. The van der Waals surface area contributed by atoms with E-state index in [1.807, 2.05) is 0 Å². The lowest BCUT2D eigenvalue weighted by atomic mass is 9.53. The molecule has 0 radical (unpaired) electrons. The van der Waals surface area contributed by atoms with Gasteiger partial charge in [0.2, 0.25) is 15.9 Å². The number of benzene rings is 1. The molecule has 4 bridgehead atoms. The first kappa shape index (κ1) is 20.8. The highest BCUT2D eigenvalue weighted by Gasteiger charge is 2.52. The zero-order valence-electron chi connectivity index (χ0n) is 17.4. The predicted molar refractivity (Wildman–Crippen MR) is 117 cm³/mol. The molecular formula is C23H31ClN2O3S. The molecule has 6 rings (SSSR count). The summed E-state index contributed by atoms with van der Waals surface area (Å²) in [5, 5.41) is 3.95. The quantitative estimate of drug-likeness (QED) is 0.738. The minimum atomic E-state index is -3.43. The van der Waals surface area contributed by atoms with Gasteiger partial charge in [-0.15, -0.1) is 0 Å². The van der Waals surface area contributed by atoms with Crippen LogP contribution in [0.1, 0.15) is 56.9 Å². The maximum absolute atomic E-state index is 13.1. The van der Waals surface area contributed by atoms with E-state index in [2.05, 4.69) is 5.32 Å². The van der Waals surface area contributed by atoms with E-state index in [-0.39, 0.29) is 23.1 Å². The molecule has 1 aliphatic heterocycles. The van der Waals surface area contributed by atoms with Crippen molar-refractivity contribution in [3.63, 3.8) is 0 Å². The van der Waals surface area contributed by atoms with E-state index in [4.69, 9.17) is 11.6 Å². The van der Waals surface area contributed by atoms with Crippen LogP contribution in [0.15, 0.2) is 24.3 Å². The van der Waals surface area contributed by atoms with Gasteiger partial charge >= 0.3 is 0 Å². The first-order valence-electron chi connectivity index (χ1n) is 11.4. The standard InChI is InChI=1S/C23H31ClN2O3S/c24-21-4-2-1-3-20(21)15-30(28,29)26-7-5-19(6-8-26)22(27)25-23-12-16-9-17(13-23)11-18(10-16)14-23/h1-4,16-19H,5-15H2,(H,25,27). The lowest BCUT2D eigenvalue weighted by Crippen LogP contribution is -2.61. The topological polar surface area (TPSA) is 66.5 Å². The largest absolute Gasteiger partial charge is 0.350 e. The van der Waals surface area contributed by atoms with Crippen LogP contribution in [0.5, 0.6) is 0 Å². The lowest BCUT2D eigenvalue weighted by Gasteiger charge is -2.57. The van der Waals surface area contributed by atoms with Crippen molar-refractivity contribution in [2.75, 3.05) is 13.1 Å². The van der Waals surface area contributed by atoms with Crippen LogP contribution in [0.2, 0.25) is 5.02 Å². The molecule has 0 unspecified atom stereocenters. The Kier molecular flexibility index (Phi) is 5.39. The summed E-state index contributed by atoms with van der Waals surface area (Å²) in [6.07, 6.45) is 8.71. The van der Waals surface area contributed by atoms with E-state index in [1.165, 1.54) is 23.6 Å². The maximum Gasteiger partial charge on any atom is 0.223 e. The Hall–Kier alpha value is -1.11. The number of carbonyl (C=O) groups excluding carboxylic acids is 1. The van der Waals surface area contributed by atoms with Crippen molar-refractivity contribution in [3.05, 3.63) is 34.9 Å². The number of nitrogens with zero attached hydrogens (tertiary/aromatic N) is 1. The number of hydrogen-bond acceptors (Lipinski definition) is 3. The Balaban J connectivity index is 1.18. The van der Waals surface area contributed by atoms with Crippen molar-refractivity contribution in [3.8, 4) is 0 Å². The molecule has 4 aliphatic carbocycles. The Morgan fingerprint density at radius 1 is 1.03 bits per heavy atom. The van der Waals surface area contributed by atoms with Crippen molar-refractivity contribution in [2.24, 2.45) is 23.7 Å². The average molecular weight is 451 g/mol. The summed E-state index contributed by atoms with van der Waals surface area (Å²) in [5.74, 6) is 2.39. The molecule has 1 heterocycles. The fourth-order valence-electron chi connectivity index (χ4n) is 6.93. The number of piperidine rings is 1. The molecule has 164 valence electrons. The van der Waals surface area contributed by atoms with Gasteiger partial charge in [-0.2, -0.15) is 0 Å². The second kappa shape index (κ2) is 7.79. The van der Waals surface area contributed by atoms with Crippen LogP contribution in [0.3, 0.4) is 0 Å². The fourth-order valence-corrected chi connectivity index (χ4v) is 8.80. The van der Waals surface area contributed by atoms with Gasteiger partial charge in [0.15, 0.2) is 0 Å². The first-order valence-corrected chi connectivity index (χ1v) is 13.3. The highest BCUT2D eigenvalue weighted by Crippen LogP contribution is 2.55. The number of amides is 1. The van der Waals surface area contributed by atoms with Crippen LogP contribution < -0.4 is 5.32 Å². The molecule has 1 amide bonds. The fraction of sp³-hybridized carbons (Fsp3) is 0.696. The summed E-state index contributed by atoms with van der Waals surface area (Å²) in [7, 11) is -3.43. The summed E-state index contributed by atoms with van der Waals surface area (Å²) in [6.45, 7) is 0.817. The molecule has 0 atom stereocenters. The number of rotatable bonds is 5. The zero-order chi connectivity index (χ0) is 20.9. The van der Waals surface area contributed by atoms with Gasteiger partial charge in [0.05, 0.1) is 5.75 Å². The molecule has 5 nitrogen and oxygen atoms in total. The second-order valence-corrected chi connectivity index (χ2v) is 12.6. The first-order chi connectivity index (χ1) is 14.3. The lowest BCUT2D eigenvalue weighted by molar-refractivity contribution is -0.132. The summed E-state index contributed by atoms with van der Waals surface area (Å²) in [4.78, 5) is 13.1. The third-order valence-corrected chi connectivity index (χ3v) is 10.1. The van der Waals surface area contributed by atoms with Crippen molar-refractivity contribution in [2.45, 2.75) is 62.7 Å². The smallest absolute Gasteiger partial charge is 0.223 e. The molecule has 0 spiro atoms. The third-order valence-electron chi connectivity index (χ3n) is 7.94. The van der Waals surface area contributed by atoms with Gasteiger partial charge in [-0.1, -0.05) is 29.8 Å². The van der Waals surface area contributed by atoms with Crippen LogP contribution in [0.4, 0.5) is 0 Å². The van der Waals surface area contributed by atoms with Crippen LogP contribution in [0, 0.1) is 23.7 Å². The van der Waals surface area contributed by atoms with E-state index in [1.54, 1.807) is 24.3 Å². The summed E-state index contributed by atoms with van der Waals surface area (Å²) in [6, 6.07) is 7.07. The Bertz CT molecular complexity index is 889. The minimum Gasteiger partial charge on any atom is -0.350 e. The van der Waals surface area contributed by atoms with Crippen LogP contribution in [-0.4, -0.2) is 37.3 Å². The molecule has 7 heteroatoms. The second-order valence-electron chi connectivity index (χ2n) is 10.2. The summed E-state index contributed by atoms with van der Waals surface area (Å²) in [5.41, 5.74) is 0.653. The van der Waals surface area contributed by atoms with E-state index in [9.17, 15) is 13.2 Å². The summed E-state index contributed by atoms with van der Waals surface area (Å²) >= 11 is 6.15. The summed E-state index contributed by atoms with van der Waals surface area (Å²) < 4.78 is 27.2.